The zero-order chi connectivity index (χ0) is 38.8. The third-order valence-corrected chi connectivity index (χ3v) is 8.48. The lowest BCUT2D eigenvalue weighted by Crippen LogP contribution is -2.60. The van der Waals surface area contributed by atoms with Crippen LogP contribution in [0.15, 0.2) is 30.3 Å². The van der Waals surface area contributed by atoms with Crippen LogP contribution in [0.2, 0.25) is 0 Å². The second-order valence-electron chi connectivity index (χ2n) is 12.7. The van der Waals surface area contributed by atoms with Gasteiger partial charge in [-0.1, -0.05) is 84.2 Å². The summed E-state index contributed by atoms with van der Waals surface area (Å²) in [6, 6.07) is 0.433. The van der Waals surface area contributed by atoms with E-state index in [1.54, 1.807) is 45.9 Å². The number of amides is 7. The minimum Gasteiger partial charge on any atom is -0.481 e. The highest BCUT2D eigenvalue weighted by atomic mass is 32.1. The standard InChI is InChI=1S/C34H53N7O9S/c1-7-9-15-22(36-20(6)42)30(46)39-26(18(3)4)32(48)40-27(19(5)8-2)33(49)41-28(21-13-11-10-12-14-21)34(50)37-23(16-25(43)44)31(47)38-24(17-51)29(35)45/h10-14,18-19,22-24,26-28,51H,7-9,15-17H2,1-6H3,(H2,35,45)(H,36,42)(H,37,50)(H,38,47)(H,39,46)(H,40,48)(H,41,49)(H,43,44)/t19-,22-,23-,24-,26-,27-,28?/m0/s1. The molecule has 7 atom stereocenters. The first kappa shape index (κ1) is 44.4. The lowest BCUT2D eigenvalue weighted by molar-refractivity contribution is -0.141. The van der Waals surface area contributed by atoms with Gasteiger partial charge in [-0.05, 0) is 23.8 Å². The van der Waals surface area contributed by atoms with E-state index in [4.69, 9.17) is 5.73 Å². The largest absolute Gasteiger partial charge is 0.481 e. The maximum absolute atomic E-state index is 13.9. The molecule has 284 valence electrons. The monoisotopic (exact) mass is 735 g/mol. The average molecular weight is 736 g/mol. The molecule has 0 aliphatic carbocycles. The zero-order valence-electron chi connectivity index (χ0n) is 30.0. The van der Waals surface area contributed by atoms with Crippen molar-refractivity contribution in [2.45, 2.75) is 110 Å². The number of nitrogens with one attached hydrogen (secondary N) is 6. The summed E-state index contributed by atoms with van der Waals surface area (Å²) in [6.45, 7) is 10.2. The number of hydrogen-bond donors (Lipinski definition) is 9. The molecule has 0 aliphatic rings. The van der Waals surface area contributed by atoms with Gasteiger partial charge in [-0.15, -0.1) is 0 Å². The van der Waals surface area contributed by atoms with Gasteiger partial charge in [-0.2, -0.15) is 12.6 Å². The minimum absolute atomic E-state index is 0.184. The van der Waals surface area contributed by atoms with Gasteiger partial charge in [0, 0.05) is 12.7 Å². The van der Waals surface area contributed by atoms with E-state index in [-0.39, 0.29) is 11.3 Å². The Morgan fingerprint density at radius 3 is 1.76 bits per heavy atom. The number of benzene rings is 1. The van der Waals surface area contributed by atoms with E-state index in [1.165, 1.54) is 19.1 Å². The van der Waals surface area contributed by atoms with E-state index in [9.17, 15) is 43.5 Å². The number of carbonyl (C=O) groups is 8. The van der Waals surface area contributed by atoms with Crippen LogP contribution in [0.3, 0.4) is 0 Å². The Morgan fingerprint density at radius 2 is 1.27 bits per heavy atom. The van der Waals surface area contributed by atoms with Crippen LogP contribution in [0.1, 0.15) is 85.3 Å². The number of thiol groups is 1. The van der Waals surface area contributed by atoms with Crippen LogP contribution in [0, 0.1) is 11.8 Å². The molecule has 0 bridgehead atoms. The Kier molecular flexibility index (Phi) is 19.3. The lowest BCUT2D eigenvalue weighted by Gasteiger charge is -2.30. The van der Waals surface area contributed by atoms with E-state index in [2.05, 4.69) is 44.5 Å². The van der Waals surface area contributed by atoms with Crippen LogP contribution in [0.25, 0.3) is 0 Å². The van der Waals surface area contributed by atoms with Gasteiger partial charge >= 0.3 is 5.97 Å². The van der Waals surface area contributed by atoms with Crippen LogP contribution in [0.4, 0.5) is 0 Å². The summed E-state index contributed by atoms with van der Waals surface area (Å²) in [5.74, 6) is -7.76. The smallest absolute Gasteiger partial charge is 0.305 e. The van der Waals surface area contributed by atoms with Crippen molar-refractivity contribution < 1.29 is 43.5 Å². The van der Waals surface area contributed by atoms with E-state index in [1.807, 2.05) is 6.92 Å². The molecule has 0 aromatic heterocycles. The molecule has 0 heterocycles. The van der Waals surface area contributed by atoms with E-state index in [0.717, 1.165) is 6.42 Å². The highest BCUT2D eigenvalue weighted by molar-refractivity contribution is 7.80. The normalized spacial score (nSPS) is 15.1. The average Bonchev–Trinajstić information content (AvgIpc) is 3.07. The molecule has 1 aromatic rings. The summed E-state index contributed by atoms with van der Waals surface area (Å²) in [6.07, 6.45) is 1.37. The molecule has 51 heavy (non-hydrogen) atoms. The molecule has 17 heteroatoms. The Morgan fingerprint density at radius 1 is 0.725 bits per heavy atom. The van der Waals surface area contributed by atoms with E-state index < -0.39 is 102 Å². The number of nitrogens with two attached hydrogens (primary N) is 1. The Labute approximate surface area is 304 Å². The first-order valence-corrected chi connectivity index (χ1v) is 17.6. The molecule has 0 aliphatic heterocycles. The van der Waals surface area contributed by atoms with Crippen molar-refractivity contribution >= 4 is 59.9 Å². The molecule has 1 aromatic carbocycles. The summed E-state index contributed by atoms with van der Waals surface area (Å²) >= 11 is 3.96. The fraction of sp³-hybridized carbons (Fsp3) is 0.588. The Balaban J connectivity index is 3.38. The van der Waals surface area contributed by atoms with Gasteiger partial charge in [0.15, 0.2) is 0 Å². The number of hydrogen-bond acceptors (Lipinski definition) is 9. The Hall–Kier alpha value is -4.67. The highest BCUT2D eigenvalue weighted by Crippen LogP contribution is 2.17. The van der Waals surface area contributed by atoms with Gasteiger partial charge in [-0.3, -0.25) is 38.4 Å². The molecule has 9 N–H and O–H groups in total. The number of rotatable bonds is 22. The predicted molar refractivity (Wildman–Crippen MR) is 192 cm³/mol. The topological polar surface area (TPSA) is 255 Å². The summed E-state index contributed by atoms with van der Waals surface area (Å²) in [4.78, 5) is 102. The number of carboxylic acid groups (broad SMARTS) is 1. The number of primary amides is 1. The van der Waals surface area contributed by atoms with Crippen molar-refractivity contribution in [3.8, 4) is 0 Å². The quantitative estimate of drug-likeness (QED) is 0.0730. The molecule has 0 spiro atoms. The van der Waals surface area contributed by atoms with Gasteiger partial charge in [0.1, 0.15) is 36.3 Å². The maximum Gasteiger partial charge on any atom is 0.305 e. The van der Waals surface area contributed by atoms with Crippen molar-refractivity contribution in [1.29, 1.82) is 0 Å². The van der Waals surface area contributed by atoms with Crippen molar-refractivity contribution in [3.05, 3.63) is 35.9 Å². The van der Waals surface area contributed by atoms with Gasteiger partial charge in [0.05, 0.1) is 6.42 Å². The number of unbranched alkanes of at least 4 members (excludes halogenated alkanes) is 1. The van der Waals surface area contributed by atoms with Gasteiger partial charge in [0.2, 0.25) is 41.4 Å². The molecule has 16 nitrogen and oxygen atoms in total. The summed E-state index contributed by atoms with van der Waals surface area (Å²) < 4.78 is 0. The SMILES string of the molecule is CCCC[C@H](NC(C)=O)C(=O)N[C@H](C(=O)N[C@H](C(=O)NC(C(=O)N[C@@H](CC(=O)O)C(=O)N[C@@H](CS)C(N)=O)c1ccccc1)[C@@H](C)CC)C(C)C. The van der Waals surface area contributed by atoms with Gasteiger partial charge in [-0.25, -0.2) is 0 Å². The number of aliphatic carboxylic acids is 1. The summed E-state index contributed by atoms with van der Waals surface area (Å²) in [7, 11) is 0. The van der Waals surface area contributed by atoms with Crippen LogP contribution in [0.5, 0.6) is 0 Å². The van der Waals surface area contributed by atoms with Crippen LogP contribution < -0.4 is 37.6 Å². The van der Waals surface area contributed by atoms with Crippen LogP contribution in [-0.2, 0) is 38.4 Å². The van der Waals surface area contributed by atoms with Crippen molar-refractivity contribution in [2.24, 2.45) is 17.6 Å². The molecule has 0 saturated carbocycles. The molecule has 7 amide bonds. The fourth-order valence-electron chi connectivity index (χ4n) is 4.95. The molecule has 1 rings (SSSR count). The lowest BCUT2D eigenvalue weighted by atomic mass is 9.95. The first-order valence-electron chi connectivity index (χ1n) is 16.9. The summed E-state index contributed by atoms with van der Waals surface area (Å²) in [5, 5.41) is 24.7. The zero-order valence-corrected chi connectivity index (χ0v) is 30.9. The van der Waals surface area contributed by atoms with Gasteiger partial charge in [0.25, 0.3) is 0 Å². The second-order valence-corrected chi connectivity index (χ2v) is 13.0. The minimum atomic E-state index is -1.67. The fourth-order valence-corrected chi connectivity index (χ4v) is 5.22. The van der Waals surface area contributed by atoms with E-state index in [0.29, 0.717) is 19.3 Å². The molecular formula is C34H53N7O9S. The molecule has 0 radical (unpaired) electrons. The molecule has 1 unspecified atom stereocenters. The summed E-state index contributed by atoms with van der Waals surface area (Å²) in [5.41, 5.74) is 5.54. The molecule has 0 fully saturated rings. The second kappa shape index (κ2) is 22.2. The van der Waals surface area contributed by atoms with Crippen molar-refractivity contribution in [1.82, 2.24) is 31.9 Å². The number of carbonyl (C=O) groups excluding carboxylic acids is 7. The van der Waals surface area contributed by atoms with Crippen LogP contribution >= 0.6 is 12.6 Å². The Bertz CT molecular complexity index is 1380. The third kappa shape index (κ3) is 15.0. The van der Waals surface area contributed by atoms with Crippen molar-refractivity contribution in [3.63, 3.8) is 0 Å². The third-order valence-electron chi connectivity index (χ3n) is 8.12. The first-order chi connectivity index (χ1) is 24.0. The molecular weight excluding hydrogens is 682 g/mol. The maximum atomic E-state index is 13.9. The van der Waals surface area contributed by atoms with Crippen LogP contribution in [-0.4, -0.2) is 88.4 Å². The predicted octanol–water partition coefficient (Wildman–Crippen LogP) is 0.0699. The van der Waals surface area contributed by atoms with E-state index >= 15 is 0 Å². The van der Waals surface area contributed by atoms with Gasteiger partial charge < -0.3 is 42.7 Å². The number of carboxylic acids is 1. The molecule has 0 saturated heterocycles. The van der Waals surface area contributed by atoms with Crippen molar-refractivity contribution in [2.75, 3.05) is 5.75 Å². The highest BCUT2D eigenvalue weighted by Gasteiger charge is 2.36.